The van der Waals surface area contributed by atoms with Crippen molar-refractivity contribution in [2.24, 2.45) is 11.7 Å². The van der Waals surface area contributed by atoms with Crippen LogP contribution in [-0.2, 0) is 0 Å². The van der Waals surface area contributed by atoms with E-state index in [1.807, 2.05) is 0 Å². The van der Waals surface area contributed by atoms with Gasteiger partial charge in [0.15, 0.2) is 0 Å². The Balaban J connectivity index is 1.68. The Bertz CT molecular complexity index is 480. The van der Waals surface area contributed by atoms with E-state index < -0.39 is 0 Å². The summed E-state index contributed by atoms with van der Waals surface area (Å²) in [5.41, 5.74) is 10.5. The maximum atomic E-state index is 6.52. The van der Waals surface area contributed by atoms with Gasteiger partial charge in [0, 0.05) is 18.6 Å². The predicted octanol–water partition coefficient (Wildman–Crippen LogP) is 3.96. The number of benzene rings is 1. The van der Waals surface area contributed by atoms with Crippen LogP contribution in [-0.4, -0.2) is 24.0 Å². The standard InChI is InChI=1S/C19H30N2/c1-14-9-10-17(12-15(14)2)18(20)13-21-11-5-7-16-6-3-4-8-19(16)21/h9-10,12,16,18-19H,3-8,11,13,20H2,1-2H3. The Morgan fingerprint density at radius 3 is 2.67 bits per heavy atom. The van der Waals surface area contributed by atoms with E-state index in [0.29, 0.717) is 0 Å². The van der Waals surface area contributed by atoms with Crippen LogP contribution in [0.2, 0.25) is 0 Å². The normalized spacial score (nSPS) is 28.1. The molecule has 116 valence electrons. The molecule has 0 aromatic heterocycles. The molecule has 1 aliphatic carbocycles. The monoisotopic (exact) mass is 286 g/mol. The number of nitrogens with zero attached hydrogens (tertiary/aromatic N) is 1. The quantitative estimate of drug-likeness (QED) is 0.911. The lowest BCUT2D eigenvalue weighted by atomic mass is 9.78. The third-order valence-corrected chi connectivity index (χ3v) is 5.75. The largest absolute Gasteiger partial charge is 0.323 e. The van der Waals surface area contributed by atoms with Crippen molar-refractivity contribution in [2.75, 3.05) is 13.1 Å². The van der Waals surface area contributed by atoms with Crippen LogP contribution < -0.4 is 5.73 Å². The minimum absolute atomic E-state index is 0.157. The van der Waals surface area contributed by atoms with Gasteiger partial charge in [0.05, 0.1) is 0 Å². The summed E-state index contributed by atoms with van der Waals surface area (Å²) in [6, 6.07) is 7.68. The van der Waals surface area contributed by atoms with Crippen LogP contribution in [0.1, 0.15) is 61.3 Å². The number of hydrogen-bond donors (Lipinski definition) is 1. The molecule has 2 nitrogen and oxygen atoms in total. The fourth-order valence-corrected chi connectivity index (χ4v) is 4.31. The average molecular weight is 286 g/mol. The zero-order valence-electron chi connectivity index (χ0n) is 13.6. The summed E-state index contributed by atoms with van der Waals surface area (Å²) in [5, 5.41) is 0. The molecule has 1 saturated carbocycles. The zero-order chi connectivity index (χ0) is 14.8. The molecule has 21 heavy (non-hydrogen) atoms. The predicted molar refractivity (Wildman–Crippen MR) is 89.4 cm³/mol. The Hall–Kier alpha value is -0.860. The van der Waals surface area contributed by atoms with Gasteiger partial charge in [-0.25, -0.2) is 0 Å². The minimum atomic E-state index is 0.157. The molecule has 3 unspecified atom stereocenters. The van der Waals surface area contributed by atoms with Gasteiger partial charge in [-0.15, -0.1) is 0 Å². The Labute approximate surface area is 129 Å². The lowest BCUT2D eigenvalue weighted by Crippen LogP contribution is -2.49. The molecule has 0 bridgehead atoms. The highest BCUT2D eigenvalue weighted by molar-refractivity contribution is 5.31. The van der Waals surface area contributed by atoms with Crippen LogP contribution in [0.3, 0.4) is 0 Å². The highest BCUT2D eigenvalue weighted by atomic mass is 15.2. The van der Waals surface area contributed by atoms with Crippen LogP contribution in [0, 0.1) is 19.8 Å². The molecule has 1 aromatic carbocycles. The third-order valence-electron chi connectivity index (χ3n) is 5.75. The number of aryl methyl sites for hydroxylation is 2. The number of likely N-dealkylation sites (tertiary alicyclic amines) is 1. The van der Waals surface area contributed by atoms with E-state index in [4.69, 9.17) is 5.73 Å². The van der Waals surface area contributed by atoms with Crippen LogP contribution >= 0.6 is 0 Å². The van der Waals surface area contributed by atoms with Crippen LogP contribution in [0.4, 0.5) is 0 Å². The summed E-state index contributed by atoms with van der Waals surface area (Å²) in [6.45, 7) is 6.63. The fourth-order valence-electron chi connectivity index (χ4n) is 4.31. The van der Waals surface area contributed by atoms with Crippen molar-refractivity contribution < 1.29 is 0 Å². The molecule has 1 heterocycles. The Morgan fingerprint density at radius 1 is 1.10 bits per heavy atom. The van der Waals surface area contributed by atoms with E-state index in [1.54, 1.807) is 0 Å². The fraction of sp³-hybridized carbons (Fsp3) is 0.684. The molecule has 1 aliphatic heterocycles. The number of piperidine rings is 1. The molecular weight excluding hydrogens is 256 g/mol. The lowest BCUT2D eigenvalue weighted by molar-refractivity contribution is 0.0561. The first-order valence-corrected chi connectivity index (χ1v) is 8.72. The van der Waals surface area contributed by atoms with Gasteiger partial charge in [-0.2, -0.15) is 0 Å². The maximum absolute atomic E-state index is 6.52. The molecule has 1 aromatic rings. The van der Waals surface area contributed by atoms with E-state index in [9.17, 15) is 0 Å². The van der Waals surface area contributed by atoms with Gasteiger partial charge in [0.1, 0.15) is 0 Å². The van der Waals surface area contributed by atoms with Crippen molar-refractivity contribution >= 4 is 0 Å². The molecule has 3 rings (SSSR count). The van der Waals surface area contributed by atoms with E-state index in [2.05, 4.69) is 36.9 Å². The number of nitrogens with two attached hydrogens (primary N) is 1. The molecule has 0 radical (unpaired) electrons. The Morgan fingerprint density at radius 2 is 1.86 bits per heavy atom. The van der Waals surface area contributed by atoms with E-state index in [-0.39, 0.29) is 6.04 Å². The van der Waals surface area contributed by atoms with Gasteiger partial charge in [0.25, 0.3) is 0 Å². The highest BCUT2D eigenvalue weighted by Crippen LogP contribution is 2.35. The third kappa shape index (κ3) is 3.32. The first-order valence-electron chi connectivity index (χ1n) is 8.72. The van der Waals surface area contributed by atoms with Crippen molar-refractivity contribution in [2.45, 2.75) is 64.5 Å². The summed E-state index contributed by atoms with van der Waals surface area (Å²) in [4.78, 5) is 2.70. The second kappa shape index (κ2) is 6.50. The molecule has 0 spiro atoms. The van der Waals surface area contributed by atoms with Gasteiger partial charge in [-0.05, 0) is 68.7 Å². The first-order chi connectivity index (χ1) is 10.1. The molecule has 2 fully saturated rings. The summed E-state index contributed by atoms with van der Waals surface area (Å²) in [5.74, 6) is 0.944. The van der Waals surface area contributed by atoms with Crippen molar-refractivity contribution in [1.82, 2.24) is 4.90 Å². The van der Waals surface area contributed by atoms with Crippen LogP contribution in [0.25, 0.3) is 0 Å². The van der Waals surface area contributed by atoms with Crippen molar-refractivity contribution in [3.8, 4) is 0 Å². The summed E-state index contributed by atoms with van der Waals surface area (Å²) in [6.07, 6.45) is 8.50. The summed E-state index contributed by atoms with van der Waals surface area (Å²) in [7, 11) is 0. The van der Waals surface area contributed by atoms with Gasteiger partial charge in [0.2, 0.25) is 0 Å². The topological polar surface area (TPSA) is 29.3 Å². The molecule has 2 heteroatoms. The maximum Gasteiger partial charge on any atom is 0.0424 e. The van der Waals surface area contributed by atoms with Crippen LogP contribution in [0.15, 0.2) is 18.2 Å². The van der Waals surface area contributed by atoms with E-state index in [0.717, 1.165) is 18.5 Å². The molecule has 2 N–H and O–H groups in total. The molecular formula is C19H30N2. The van der Waals surface area contributed by atoms with Gasteiger partial charge in [-0.1, -0.05) is 31.0 Å². The van der Waals surface area contributed by atoms with Gasteiger partial charge < -0.3 is 5.73 Å². The van der Waals surface area contributed by atoms with E-state index >= 15 is 0 Å². The minimum Gasteiger partial charge on any atom is -0.323 e. The first kappa shape index (κ1) is 15.1. The second-order valence-electron chi connectivity index (χ2n) is 7.20. The van der Waals surface area contributed by atoms with Gasteiger partial charge >= 0.3 is 0 Å². The highest BCUT2D eigenvalue weighted by Gasteiger charge is 2.33. The molecule has 1 saturated heterocycles. The summed E-state index contributed by atoms with van der Waals surface area (Å²) < 4.78 is 0. The lowest BCUT2D eigenvalue weighted by Gasteiger charge is -2.45. The molecule has 0 amide bonds. The molecule has 2 aliphatic rings. The molecule has 3 atom stereocenters. The zero-order valence-corrected chi connectivity index (χ0v) is 13.6. The average Bonchev–Trinajstić information content (AvgIpc) is 2.50. The van der Waals surface area contributed by atoms with Crippen molar-refractivity contribution in [1.29, 1.82) is 0 Å². The smallest absolute Gasteiger partial charge is 0.0424 e. The van der Waals surface area contributed by atoms with Crippen molar-refractivity contribution in [3.63, 3.8) is 0 Å². The number of hydrogen-bond acceptors (Lipinski definition) is 2. The van der Waals surface area contributed by atoms with Gasteiger partial charge in [-0.3, -0.25) is 4.90 Å². The van der Waals surface area contributed by atoms with Crippen molar-refractivity contribution in [3.05, 3.63) is 34.9 Å². The second-order valence-corrected chi connectivity index (χ2v) is 7.20. The SMILES string of the molecule is Cc1ccc(C(N)CN2CCCC3CCCCC32)cc1C. The number of rotatable bonds is 3. The van der Waals surface area contributed by atoms with E-state index in [1.165, 1.54) is 61.8 Å². The number of fused-ring (bicyclic) bond motifs is 1. The summed E-state index contributed by atoms with van der Waals surface area (Å²) >= 11 is 0. The van der Waals surface area contributed by atoms with Crippen LogP contribution in [0.5, 0.6) is 0 Å². The Kier molecular flexibility index (Phi) is 4.66.